The minimum Gasteiger partial charge on any atom is -0.455 e. The van der Waals surface area contributed by atoms with Gasteiger partial charge in [-0.25, -0.2) is 14.6 Å². The zero-order valence-corrected chi connectivity index (χ0v) is 23.7. The maximum absolute atomic E-state index is 13.4. The Kier molecular flexibility index (Phi) is 11.5. The van der Waals surface area contributed by atoms with Crippen LogP contribution in [0.1, 0.15) is 73.2 Å². The minimum absolute atomic E-state index is 0.112. The summed E-state index contributed by atoms with van der Waals surface area (Å²) in [5.74, 6) is -0.431. The topological polar surface area (TPSA) is 107 Å². The van der Waals surface area contributed by atoms with E-state index in [0.29, 0.717) is 18.5 Å². The lowest BCUT2D eigenvalue weighted by Crippen LogP contribution is -2.48. The fraction of sp³-hybridized carbons (Fsp3) is 0.400. The van der Waals surface area contributed by atoms with E-state index in [2.05, 4.69) is 15.6 Å². The van der Waals surface area contributed by atoms with Crippen LogP contribution in [0.3, 0.4) is 0 Å². The Morgan fingerprint density at radius 3 is 1.92 bits per heavy atom. The number of ether oxygens (including phenoxy) is 2. The Morgan fingerprint density at radius 2 is 1.36 bits per heavy atom. The monoisotopic (exact) mass is 551 g/mol. The van der Waals surface area contributed by atoms with Gasteiger partial charge in [0.1, 0.15) is 19.3 Å². The van der Waals surface area contributed by atoms with Crippen LogP contribution < -0.4 is 10.6 Å². The van der Waals surface area contributed by atoms with Crippen LogP contribution in [-0.4, -0.2) is 29.0 Å². The Bertz CT molecular complexity index is 1200. The van der Waals surface area contributed by atoms with Gasteiger partial charge in [0, 0.05) is 5.38 Å². The highest BCUT2D eigenvalue weighted by Gasteiger charge is 2.27. The predicted molar refractivity (Wildman–Crippen MR) is 151 cm³/mol. The molecule has 8 nitrogen and oxygen atoms in total. The third-order valence-electron chi connectivity index (χ3n) is 5.82. The van der Waals surface area contributed by atoms with Gasteiger partial charge in [-0.05, 0) is 35.8 Å². The van der Waals surface area contributed by atoms with Crippen molar-refractivity contribution in [1.29, 1.82) is 0 Å². The molecule has 0 radical (unpaired) electrons. The maximum atomic E-state index is 13.4. The van der Waals surface area contributed by atoms with Crippen molar-refractivity contribution in [3.8, 4) is 0 Å². The van der Waals surface area contributed by atoms with Crippen LogP contribution in [-0.2, 0) is 27.5 Å². The summed E-state index contributed by atoms with van der Waals surface area (Å²) in [6.45, 7) is 8.33. The Balaban J connectivity index is 1.64. The Labute approximate surface area is 234 Å². The van der Waals surface area contributed by atoms with Gasteiger partial charge in [-0.2, -0.15) is 0 Å². The first kappa shape index (κ1) is 29.8. The lowest BCUT2D eigenvalue weighted by Gasteiger charge is -2.24. The number of amides is 2. The molecule has 0 aliphatic carbocycles. The van der Waals surface area contributed by atoms with Crippen molar-refractivity contribution in [2.45, 2.75) is 65.8 Å². The number of carbonyl (C=O) groups excluding carboxylic acids is 3. The third-order valence-corrected chi connectivity index (χ3v) is 6.66. The summed E-state index contributed by atoms with van der Waals surface area (Å²) in [5.41, 5.74) is 2.33. The highest BCUT2D eigenvalue weighted by Crippen LogP contribution is 2.24. The van der Waals surface area contributed by atoms with E-state index >= 15 is 0 Å². The molecular formula is C30H37N3O5S. The number of thiazole rings is 1. The second kappa shape index (κ2) is 15.0. The summed E-state index contributed by atoms with van der Waals surface area (Å²) in [7, 11) is 0. The van der Waals surface area contributed by atoms with E-state index in [0.717, 1.165) is 11.1 Å². The Hall–Kier alpha value is -3.72. The molecule has 1 aromatic heterocycles. The van der Waals surface area contributed by atoms with Gasteiger partial charge in [-0.1, -0.05) is 88.4 Å². The van der Waals surface area contributed by atoms with Crippen LogP contribution in [0.25, 0.3) is 0 Å². The molecule has 39 heavy (non-hydrogen) atoms. The average molecular weight is 552 g/mol. The highest BCUT2D eigenvalue weighted by atomic mass is 32.1. The molecule has 0 fully saturated rings. The molecule has 208 valence electrons. The zero-order valence-electron chi connectivity index (χ0n) is 22.9. The van der Waals surface area contributed by atoms with Gasteiger partial charge in [-0.3, -0.25) is 4.79 Å². The molecule has 0 unspecified atom stereocenters. The van der Waals surface area contributed by atoms with Gasteiger partial charge in [0.15, 0.2) is 0 Å². The van der Waals surface area contributed by atoms with E-state index in [1.807, 2.05) is 88.4 Å². The number of benzene rings is 2. The smallest absolute Gasteiger partial charge is 0.408 e. The van der Waals surface area contributed by atoms with Gasteiger partial charge in [0.05, 0.1) is 11.7 Å². The SMILES string of the molecule is CC(C)C[C@H](NC(=O)OCc1ccccc1)C(=O)N[C@@H](CC(C)C)c1csc(C(=O)OCc2ccccc2)n1. The largest absolute Gasteiger partial charge is 0.455 e. The molecule has 0 saturated carbocycles. The first-order valence-corrected chi connectivity index (χ1v) is 14.0. The van der Waals surface area contributed by atoms with E-state index < -0.39 is 24.1 Å². The summed E-state index contributed by atoms with van der Waals surface area (Å²) in [4.78, 5) is 43.0. The summed E-state index contributed by atoms with van der Waals surface area (Å²) < 4.78 is 10.7. The van der Waals surface area contributed by atoms with Gasteiger partial charge in [0.25, 0.3) is 0 Å². The number of hydrogen-bond donors (Lipinski definition) is 2. The number of carbonyl (C=O) groups is 3. The molecule has 2 amide bonds. The number of nitrogens with zero attached hydrogens (tertiary/aromatic N) is 1. The lowest BCUT2D eigenvalue weighted by atomic mass is 9.99. The normalized spacial score (nSPS) is 12.6. The standard InChI is InChI=1S/C30H37N3O5S/c1-20(2)15-24(26-19-39-28(32-26)29(35)37-17-22-11-7-5-8-12-22)31-27(34)25(16-21(3)4)33-30(36)38-18-23-13-9-6-10-14-23/h5-14,19-21,24-25H,15-18H2,1-4H3,(H,31,34)(H,33,36)/t24-,25-/m0/s1. The fourth-order valence-electron chi connectivity index (χ4n) is 3.93. The molecule has 0 bridgehead atoms. The summed E-state index contributed by atoms with van der Waals surface area (Å²) in [6.07, 6.45) is 0.396. The first-order valence-electron chi connectivity index (χ1n) is 13.1. The number of aromatic nitrogens is 1. The number of nitrogens with one attached hydrogen (secondary N) is 2. The maximum Gasteiger partial charge on any atom is 0.408 e. The van der Waals surface area contributed by atoms with E-state index in [-0.39, 0.29) is 36.0 Å². The second-order valence-corrected chi connectivity index (χ2v) is 11.1. The van der Waals surface area contributed by atoms with E-state index in [9.17, 15) is 14.4 Å². The van der Waals surface area contributed by atoms with Crippen LogP contribution in [0.2, 0.25) is 0 Å². The summed E-state index contributed by atoms with van der Waals surface area (Å²) in [6, 6.07) is 17.6. The van der Waals surface area contributed by atoms with Gasteiger partial charge in [0.2, 0.25) is 10.9 Å². The molecule has 0 aliphatic heterocycles. The predicted octanol–water partition coefficient (Wildman–Crippen LogP) is 6.04. The lowest BCUT2D eigenvalue weighted by molar-refractivity contribution is -0.124. The number of hydrogen-bond acceptors (Lipinski definition) is 7. The molecule has 3 rings (SSSR count). The summed E-state index contributed by atoms with van der Waals surface area (Å²) in [5, 5.41) is 7.76. The first-order chi connectivity index (χ1) is 18.7. The zero-order chi connectivity index (χ0) is 28.2. The minimum atomic E-state index is -0.781. The van der Waals surface area contributed by atoms with Crippen LogP contribution >= 0.6 is 11.3 Å². The van der Waals surface area contributed by atoms with E-state index in [1.54, 1.807) is 5.38 Å². The fourth-order valence-corrected chi connectivity index (χ4v) is 4.69. The Morgan fingerprint density at radius 1 is 0.795 bits per heavy atom. The average Bonchev–Trinajstić information content (AvgIpc) is 3.41. The van der Waals surface area contributed by atoms with Crippen LogP contribution in [0.5, 0.6) is 0 Å². The number of alkyl carbamates (subject to hydrolysis) is 1. The highest BCUT2D eigenvalue weighted by molar-refractivity contribution is 7.11. The number of rotatable bonds is 13. The molecule has 3 aromatic rings. The van der Waals surface area contributed by atoms with Crippen molar-refractivity contribution >= 4 is 29.3 Å². The van der Waals surface area contributed by atoms with Crippen molar-refractivity contribution in [1.82, 2.24) is 15.6 Å². The van der Waals surface area contributed by atoms with E-state index in [4.69, 9.17) is 9.47 Å². The quantitative estimate of drug-likeness (QED) is 0.251. The van der Waals surface area contributed by atoms with Crippen molar-refractivity contribution < 1.29 is 23.9 Å². The van der Waals surface area contributed by atoms with Crippen molar-refractivity contribution in [3.63, 3.8) is 0 Å². The molecule has 1 heterocycles. The van der Waals surface area contributed by atoms with Crippen molar-refractivity contribution in [2.75, 3.05) is 0 Å². The van der Waals surface area contributed by atoms with Gasteiger partial charge < -0.3 is 20.1 Å². The van der Waals surface area contributed by atoms with E-state index in [1.165, 1.54) is 11.3 Å². The molecule has 0 saturated heterocycles. The molecule has 0 aliphatic rings. The number of esters is 1. The molecule has 2 aromatic carbocycles. The third kappa shape index (κ3) is 10.2. The van der Waals surface area contributed by atoms with Crippen LogP contribution in [0, 0.1) is 11.8 Å². The van der Waals surface area contributed by atoms with Crippen molar-refractivity contribution in [2.24, 2.45) is 11.8 Å². The molecule has 0 spiro atoms. The van der Waals surface area contributed by atoms with Gasteiger partial charge in [-0.15, -0.1) is 11.3 Å². The van der Waals surface area contributed by atoms with Crippen LogP contribution in [0.15, 0.2) is 66.0 Å². The second-order valence-electron chi connectivity index (χ2n) is 10.2. The molecule has 9 heteroatoms. The summed E-state index contributed by atoms with van der Waals surface area (Å²) >= 11 is 1.18. The van der Waals surface area contributed by atoms with Crippen LogP contribution in [0.4, 0.5) is 4.79 Å². The molecular weight excluding hydrogens is 514 g/mol. The molecule has 2 N–H and O–H groups in total. The van der Waals surface area contributed by atoms with Crippen molar-refractivity contribution in [3.05, 3.63) is 87.9 Å². The molecule has 2 atom stereocenters. The van der Waals surface area contributed by atoms with Gasteiger partial charge >= 0.3 is 12.1 Å².